The van der Waals surface area contributed by atoms with Crippen LogP contribution >= 0.6 is 0 Å². The van der Waals surface area contributed by atoms with Crippen LogP contribution in [-0.2, 0) is 4.74 Å². The van der Waals surface area contributed by atoms with E-state index >= 15 is 0 Å². The fourth-order valence-corrected chi connectivity index (χ4v) is 2.66. The lowest BCUT2D eigenvalue weighted by atomic mass is 10.2. The summed E-state index contributed by atoms with van der Waals surface area (Å²) < 4.78 is 4.69. The Bertz CT molecular complexity index is 484. The molecular formula is C14H20N4O2. The average Bonchev–Trinajstić information content (AvgIpc) is 3.20. The van der Waals surface area contributed by atoms with Gasteiger partial charge < -0.3 is 15.0 Å². The first-order valence-corrected chi connectivity index (χ1v) is 7.19. The summed E-state index contributed by atoms with van der Waals surface area (Å²) in [6.45, 7) is 2.04. The topological polar surface area (TPSA) is 67.3 Å². The highest BCUT2D eigenvalue weighted by molar-refractivity contribution is 5.85. The van der Waals surface area contributed by atoms with Gasteiger partial charge in [-0.2, -0.15) is 0 Å². The van der Waals surface area contributed by atoms with Crippen molar-refractivity contribution in [3.05, 3.63) is 18.1 Å². The molecule has 2 fully saturated rings. The summed E-state index contributed by atoms with van der Waals surface area (Å²) >= 11 is 0. The normalized spacial score (nSPS) is 21.8. The van der Waals surface area contributed by atoms with Gasteiger partial charge in [-0.1, -0.05) is 0 Å². The van der Waals surface area contributed by atoms with E-state index in [1.807, 2.05) is 6.07 Å². The Hall–Kier alpha value is -1.69. The van der Waals surface area contributed by atoms with Gasteiger partial charge in [-0.25, -0.2) is 14.8 Å². The van der Waals surface area contributed by atoms with Gasteiger partial charge in [-0.05, 0) is 38.3 Å². The number of methoxy groups -OCH3 is 1. The van der Waals surface area contributed by atoms with Gasteiger partial charge in [0.1, 0.15) is 5.82 Å². The van der Waals surface area contributed by atoms with Crippen LogP contribution in [0.3, 0.4) is 0 Å². The van der Waals surface area contributed by atoms with Crippen molar-refractivity contribution in [3.63, 3.8) is 0 Å². The van der Waals surface area contributed by atoms with E-state index in [0.717, 1.165) is 18.9 Å². The second-order valence-electron chi connectivity index (χ2n) is 5.41. The van der Waals surface area contributed by atoms with Gasteiger partial charge >= 0.3 is 5.97 Å². The quantitative estimate of drug-likeness (QED) is 0.809. The van der Waals surface area contributed by atoms with Crippen LogP contribution in [0.5, 0.6) is 0 Å². The molecule has 1 saturated heterocycles. The fourth-order valence-electron chi connectivity index (χ4n) is 2.66. The van der Waals surface area contributed by atoms with E-state index < -0.39 is 5.97 Å². The number of rotatable bonds is 5. The van der Waals surface area contributed by atoms with Crippen molar-refractivity contribution < 1.29 is 9.53 Å². The lowest BCUT2D eigenvalue weighted by Gasteiger charge is -2.26. The molecule has 0 spiro atoms. The minimum Gasteiger partial charge on any atom is -0.463 e. The van der Waals surface area contributed by atoms with Crippen molar-refractivity contribution in [2.45, 2.75) is 37.8 Å². The van der Waals surface area contributed by atoms with E-state index in [1.165, 1.54) is 32.8 Å². The number of nitrogens with one attached hydrogen (secondary N) is 1. The molecular weight excluding hydrogens is 256 g/mol. The number of carbonyl (C=O) groups is 1. The van der Waals surface area contributed by atoms with E-state index in [2.05, 4.69) is 24.9 Å². The van der Waals surface area contributed by atoms with Gasteiger partial charge in [0, 0.05) is 24.8 Å². The Morgan fingerprint density at radius 2 is 2.35 bits per heavy atom. The van der Waals surface area contributed by atoms with Crippen molar-refractivity contribution >= 4 is 11.8 Å². The lowest BCUT2D eigenvalue weighted by molar-refractivity contribution is 0.0586. The minimum absolute atomic E-state index is 0.134. The Labute approximate surface area is 118 Å². The minimum atomic E-state index is -0.485. The molecule has 108 valence electrons. The Balaban J connectivity index is 1.78. The van der Waals surface area contributed by atoms with Gasteiger partial charge in [0.2, 0.25) is 5.82 Å². The van der Waals surface area contributed by atoms with Gasteiger partial charge in [0.25, 0.3) is 0 Å². The van der Waals surface area contributed by atoms with Gasteiger partial charge in [0.15, 0.2) is 0 Å². The number of aromatic nitrogens is 2. The molecule has 1 aliphatic carbocycles. The zero-order chi connectivity index (χ0) is 13.9. The first-order valence-electron chi connectivity index (χ1n) is 7.19. The predicted octanol–water partition coefficient (Wildman–Crippen LogP) is 0.984. The molecule has 1 saturated carbocycles. The monoisotopic (exact) mass is 276 g/mol. The highest BCUT2D eigenvalue weighted by Gasteiger charge is 2.32. The molecule has 1 aliphatic heterocycles. The van der Waals surface area contributed by atoms with Gasteiger partial charge in [-0.15, -0.1) is 0 Å². The number of ether oxygens (including phenoxy) is 1. The molecule has 2 aliphatic rings. The number of hydrogen-bond acceptors (Lipinski definition) is 6. The smallest absolute Gasteiger partial charge is 0.376 e. The molecule has 1 unspecified atom stereocenters. The van der Waals surface area contributed by atoms with E-state index in [4.69, 9.17) is 0 Å². The Morgan fingerprint density at radius 3 is 3.00 bits per heavy atom. The molecule has 6 heteroatoms. The maximum Gasteiger partial charge on any atom is 0.376 e. The number of hydrogen-bond donors (Lipinski definition) is 1. The maximum absolute atomic E-state index is 11.5. The summed E-state index contributed by atoms with van der Waals surface area (Å²) in [5.74, 6) is 0.480. The van der Waals surface area contributed by atoms with Crippen molar-refractivity contribution in [1.29, 1.82) is 0 Å². The van der Waals surface area contributed by atoms with Crippen molar-refractivity contribution in [1.82, 2.24) is 15.3 Å². The molecule has 2 heterocycles. The highest BCUT2D eigenvalue weighted by atomic mass is 16.5. The van der Waals surface area contributed by atoms with Crippen LogP contribution in [-0.4, -0.2) is 48.2 Å². The zero-order valence-corrected chi connectivity index (χ0v) is 11.7. The molecule has 1 aromatic rings. The third kappa shape index (κ3) is 2.90. The fraction of sp³-hybridized carbons (Fsp3) is 0.643. The summed E-state index contributed by atoms with van der Waals surface area (Å²) in [4.78, 5) is 22.2. The molecule has 20 heavy (non-hydrogen) atoms. The SMILES string of the molecule is COC(=O)c1nccc(N(CC2CCCN2)C2CC2)n1. The van der Waals surface area contributed by atoms with Gasteiger partial charge in [0.05, 0.1) is 7.11 Å². The Kier molecular flexibility index (Phi) is 3.82. The molecule has 3 rings (SSSR count). The third-order valence-corrected chi connectivity index (χ3v) is 3.87. The molecule has 0 bridgehead atoms. The van der Waals surface area contributed by atoms with E-state index in [-0.39, 0.29) is 5.82 Å². The first kappa shape index (κ1) is 13.3. The van der Waals surface area contributed by atoms with Crippen LogP contribution < -0.4 is 10.2 Å². The van der Waals surface area contributed by atoms with Crippen LogP contribution in [0.4, 0.5) is 5.82 Å². The molecule has 0 aromatic carbocycles. The number of carbonyl (C=O) groups excluding carboxylic acids is 1. The molecule has 1 atom stereocenters. The summed E-state index contributed by atoms with van der Waals surface area (Å²) in [7, 11) is 1.35. The largest absolute Gasteiger partial charge is 0.463 e. The van der Waals surface area contributed by atoms with Crippen molar-refractivity contribution in [3.8, 4) is 0 Å². The first-order chi connectivity index (χ1) is 9.78. The average molecular weight is 276 g/mol. The van der Waals surface area contributed by atoms with E-state index in [1.54, 1.807) is 6.20 Å². The summed E-state index contributed by atoms with van der Waals surface area (Å²) in [5.41, 5.74) is 0. The van der Waals surface area contributed by atoms with Crippen LogP contribution in [0.1, 0.15) is 36.3 Å². The Morgan fingerprint density at radius 1 is 1.50 bits per heavy atom. The number of nitrogens with zero attached hydrogens (tertiary/aromatic N) is 3. The van der Waals surface area contributed by atoms with Crippen molar-refractivity contribution in [2.75, 3.05) is 25.1 Å². The van der Waals surface area contributed by atoms with Crippen molar-refractivity contribution in [2.24, 2.45) is 0 Å². The van der Waals surface area contributed by atoms with Crippen LogP contribution in [0.2, 0.25) is 0 Å². The summed E-state index contributed by atoms with van der Waals surface area (Å²) in [5, 5.41) is 3.51. The summed E-state index contributed by atoms with van der Waals surface area (Å²) in [6, 6.07) is 2.95. The molecule has 6 nitrogen and oxygen atoms in total. The summed E-state index contributed by atoms with van der Waals surface area (Å²) in [6.07, 6.45) is 6.47. The molecule has 0 radical (unpaired) electrons. The molecule has 1 aromatic heterocycles. The van der Waals surface area contributed by atoms with E-state index in [9.17, 15) is 4.79 Å². The number of anilines is 1. The lowest BCUT2D eigenvalue weighted by Crippen LogP contribution is -2.39. The standard InChI is InChI=1S/C14H20N4O2/c1-20-14(19)13-16-8-6-12(17-13)18(11-4-5-11)9-10-3-2-7-15-10/h6,8,10-11,15H,2-5,7,9H2,1H3. The van der Waals surface area contributed by atoms with Crippen LogP contribution in [0.25, 0.3) is 0 Å². The van der Waals surface area contributed by atoms with Gasteiger partial charge in [-0.3, -0.25) is 0 Å². The molecule has 1 N–H and O–H groups in total. The third-order valence-electron chi connectivity index (χ3n) is 3.87. The highest BCUT2D eigenvalue weighted by Crippen LogP contribution is 2.31. The maximum atomic E-state index is 11.5. The van der Waals surface area contributed by atoms with Crippen LogP contribution in [0, 0.1) is 0 Å². The van der Waals surface area contributed by atoms with E-state index in [0.29, 0.717) is 12.1 Å². The second kappa shape index (κ2) is 5.75. The van der Waals surface area contributed by atoms with Crippen LogP contribution in [0.15, 0.2) is 12.3 Å². The second-order valence-corrected chi connectivity index (χ2v) is 5.41. The number of esters is 1. The zero-order valence-electron chi connectivity index (χ0n) is 11.7. The molecule has 0 amide bonds. The predicted molar refractivity (Wildman–Crippen MR) is 74.8 cm³/mol.